The Morgan fingerprint density at radius 2 is 2.15 bits per heavy atom. The molecule has 0 radical (unpaired) electrons. The summed E-state index contributed by atoms with van der Waals surface area (Å²) in [7, 11) is 0. The lowest BCUT2D eigenvalue weighted by molar-refractivity contribution is -0.100. The van der Waals surface area contributed by atoms with Gasteiger partial charge in [0.05, 0.1) is 13.2 Å². The molecule has 0 spiro atoms. The van der Waals surface area contributed by atoms with Crippen molar-refractivity contribution >= 4 is 0 Å². The van der Waals surface area contributed by atoms with Crippen LogP contribution in [0.15, 0.2) is 0 Å². The average Bonchev–Trinajstić information content (AvgIpc) is 2.44. The first-order valence-corrected chi connectivity index (χ1v) is 5.51. The van der Waals surface area contributed by atoms with Crippen molar-refractivity contribution in [2.24, 2.45) is 11.3 Å². The summed E-state index contributed by atoms with van der Waals surface area (Å²) in [5.41, 5.74) is 0.433. The van der Waals surface area contributed by atoms with Gasteiger partial charge < -0.3 is 10.1 Å². The molecule has 2 aliphatic rings. The summed E-state index contributed by atoms with van der Waals surface area (Å²) in [5.74, 6) is 0.879. The van der Waals surface area contributed by atoms with E-state index < -0.39 is 0 Å². The molecular weight excluding hydrogens is 162 g/mol. The SMILES string of the molecule is CC1CCCC1NCC1(C)COC1. The molecule has 1 heterocycles. The van der Waals surface area contributed by atoms with Gasteiger partial charge in [-0.05, 0) is 18.8 Å². The maximum atomic E-state index is 5.24. The minimum Gasteiger partial charge on any atom is -0.380 e. The number of hydrogen-bond acceptors (Lipinski definition) is 2. The Balaban J connectivity index is 1.72. The highest BCUT2D eigenvalue weighted by Crippen LogP contribution is 2.28. The summed E-state index contributed by atoms with van der Waals surface area (Å²) in [6.07, 6.45) is 4.19. The standard InChI is InChI=1S/C11H21NO/c1-9-4-3-5-10(9)12-6-11(2)7-13-8-11/h9-10,12H,3-8H2,1-2H3. The van der Waals surface area contributed by atoms with Crippen molar-refractivity contribution in [1.82, 2.24) is 5.32 Å². The van der Waals surface area contributed by atoms with Crippen molar-refractivity contribution in [3.8, 4) is 0 Å². The van der Waals surface area contributed by atoms with Gasteiger partial charge in [-0.2, -0.15) is 0 Å². The van der Waals surface area contributed by atoms with Gasteiger partial charge in [-0.3, -0.25) is 0 Å². The van der Waals surface area contributed by atoms with E-state index in [0.29, 0.717) is 5.41 Å². The highest BCUT2D eigenvalue weighted by atomic mass is 16.5. The lowest BCUT2D eigenvalue weighted by Crippen LogP contribution is -2.49. The van der Waals surface area contributed by atoms with Crippen LogP contribution in [0.2, 0.25) is 0 Å². The molecule has 1 N–H and O–H groups in total. The molecule has 1 aliphatic heterocycles. The fourth-order valence-electron chi connectivity index (χ4n) is 2.38. The Morgan fingerprint density at radius 3 is 2.62 bits per heavy atom. The minimum absolute atomic E-state index is 0.433. The lowest BCUT2D eigenvalue weighted by Gasteiger charge is -2.39. The van der Waals surface area contributed by atoms with Crippen molar-refractivity contribution < 1.29 is 4.74 Å². The number of ether oxygens (including phenoxy) is 1. The van der Waals surface area contributed by atoms with Gasteiger partial charge in [0.25, 0.3) is 0 Å². The number of hydrogen-bond donors (Lipinski definition) is 1. The molecule has 0 amide bonds. The molecule has 76 valence electrons. The third-order valence-electron chi connectivity index (χ3n) is 3.55. The molecule has 1 aliphatic carbocycles. The summed E-state index contributed by atoms with van der Waals surface area (Å²) < 4.78 is 5.24. The first kappa shape index (κ1) is 9.47. The molecule has 1 saturated heterocycles. The molecule has 2 unspecified atom stereocenters. The first-order chi connectivity index (χ1) is 6.20. The Morgan fingerprint density at radius 1 is 1.38 bits per heavy atom. The van der Waals surface area contributed by atoms with E-state index in [-0.39, 0.29) is 0 Å². The van der Waals surface area contributed by atoms with Crippen LogP contribution in [-0.4, -0.2) is 25.8 Å². The number of nitrogens with one attached hydrogen (secondary N) is 1. The molecule has 2 nitrogen and oxygen atoms in total. The van der Waals surface area contributed by atoms with Crippen LogP contribution in [0.4, 0.5) is 0 Å². The Labute approximate surface area is 81.0 Å². The summed E-state index contributed by atoms with van der Waals surface area (Å²) >= 11 is 0. The van der Waals surface area contributed by atoms with Gasteiger partial charge in [0, 0.05) is 18.0 Å². The van der Waals surface area contributed by atoms with Gasteiger partial charge in [0.2, 0.25) is 0 Å². The van der Waals surface area contributed by atoms with E-state index in [1.807, 2.05) is 0 Å². The summed E-state index contributed by atoms with van der Waals surface area (Å²) in [5, 5.41) is 3.69. The van der Waals surface area contributed by atoms with E-state index in [0.717, 1.165) is 31.7 Å². The number of rotatable bonds is 3. The van der Waals surface area contributed by atoms with E-state index in [1.54, 1.807) is 0 Å². The van der Waals surface area contributed by atoms with Crippen LogP contribution in [0, 0.1) is 11.3 Å². The highest BCUT2D eigenvalue weighted by Gasteiger charge is 2.34. The van der Waals surface area contributed by atoms with Crippen LogP contribution in [0.3, 0.4) is 0 Å². The van der Waals surface area contributed by atoms with Crippen LogP contribution in [0.25, 0.3) is 0 Å². The molecule has 2 rings (SSSR count). The van der Waals surface area contributed by atoms with E-state index in [9.17, 15) is 0 Å². The third kappa shape index (κ3) is 2.05. The summed E-state index contributed by atoms with van der Waals surface area (Å²) in [6.45, 7) is 7.71. The molecule has 13 heavy (non-hydrogen) atoms. The van der Waals surface area contributed by atoms with Crippen LogP contribution in [-0.2, 0) is 4.74 Å². The lowest BCUT2D eigenvalue weighted by atomic mass is 9.88. The van der Waals surface area contributed by atoms with Crippen molar-refractivity contribution in [2.45, 2.75) is 39.2 Å². The van der Waals surface area contributed by atoms with Gasteiger partial charge in [0.1, 0.15) is 0 Å². The van der Waals surface area contributed by atoms with Crippen LogP contribution < -0.4 is 5.32 Å². The predicted molar refractivity (Wildman–Crippen MR) is 53.7 cm³/mol. The molecular formula is C11H21NO. The fraction of sp³-hybridized carbons (Fsp3) is 1.00. The molecule has 0 bridgehead atoms. The van der Waals surface area contributed by atoms with Gasteiger partial charge in [-0.1, -0.05) is 20.3 Å². The van der Waals surface area contributed by atoms with Crippen molar-refractivity contribution in [3.05, 3.63) is 0 Å². The topological polar surface area (TPSA) is 21.3 Å². The molecule has 1 saturated carbocycles. The zero-order chi connectivity index (χ0) is 9.31. The largest absolute Gasteiger partial charge is 0.380 e. The Kier molecular flexibility index (Phi) is 2.61. The van der Waals surface area contributed by atoms with Gasteiger partial charge in [-0.15, -0.1) is 0 Å². The van der Waals surface area contributed by atoms with Crippen LogP contribution in [0.1, 0.15) is 33.1 Å². The molecule has 2 heteroatoms. The Bertz CT molecular complexity index is 177. The van der Waals surface area contributed by atoms with E-state index >= 15 is 0 Å². The van der Waals surface area contributed by atoms with Crippen molar-refractivity contribution in [2.75, 3.05) is 19.8 Å². The monoisotopic (exact) mass is 183 g/mol. The molecule has 2 fully saturated rings. The molecule has 0 aromatic carbocycles. The summed E-state index contributed by atoms with van der Waals surface area (Å²) in [4.78, 5) is 0. The second-order valence-electron chi connectivity index (χ2n) is 5.20. The minimum atomic E-state index is 0.433. The quantitative estimate of drug-likeness (QED) is 0.720. The van der Waals surface area contributed by atoms with Gasteiger partial charge >= 0.3 is 0 Å². The van der Waals surface area contributed by atoms with Crippen LogP contribution >= 0.6 is 0 Å². The first-order valence-electron chi connectivity index (χ1n) is 5.51. The van der Waals surface area contributed by atoms with Crippen LogP contribution in [0.5, 0.6) is 0 Å². The van der Waals surface area contributed by atoms with Gasteiger partial charge in [0.15, 0.2) is 0 Å². The second-order valence-corrected chi connectivity index (χ2v) is 5.20. The average molecular weight is 183 g/mol. The molecule has 2 atom stereocenters. The smallest absolute Gasteiger partial charge is 0.0554 e. The van der Waals surface area contributed by atoms with E-state index in [4.69, 9.17) is 4.74 Å². The predicted octanol–water partition coefficient (Wildman–Crippen LogP) is 1.80. The van der Waals surface area contributed by atoms with E-state index in [2.05, 4.69) is 19.2 Å². The normalized spacial score (nSPS) is 37.4. The summed E-state index contributed by atoms with van der Waals surface area (Å²) in [6, 6.07) is 0.775. The molecule has 0 aromatic rings. The van der Waals surface area contributed by atoms with Gasteiger partial charge in [-0.25, -0.2) is 0 Å². The highest BCUT2D eigenvalue weighted by molar-refractivity contribution is 4.87. The fourth-order valence-corrected chi connectivity index (χ4v) is 2.38. The Hall–Kier alpha value is -0.0800. The maximum Gasteiger partial charge on any atom is 0.0554 e. The maximum absolute atomic E-state index is 5.24. The second kappa shape index (κ2) is 3.58. The van der Waals surface area contributed by atoms with Crippen molar-refractivity contribution in [3.63, 3.8) is 0 Å². The zero-order valence-electron chi connectivity index (χ0n) is 8.81. The van der Waals surface area contributed by atoms with Crippen molar-refractivity contribution in [1.29, 1.82) is 0 Å². The molecule has 0 aromatic heterocycles. The van der Waals surface area contributed by atoms with E-state index in [1.165, 1.54) is 19.3 Å². The third-order valence-corrected chi connectivity index (χ3v) is 3.55. The zero-order valence-corrected chi connectivity index (χ0v) is 8.81.